The fourth-order valence-corrected chi connectivity index (χ4v) is 3.11. The third kappa shape index (κ3) is 5.09. The van der Waals surface area contributed by atoms with E-state index >= 15 is 0 Å². The van der Waals surface area contributed by atoms with E-state index < -0.39 is 18.2 Å². The molecule has 0 saturated carbocycles. The van der Waals surface area contributed by atoms with Gasteiger partial charge in [0, 0.05) is 25.9 Å². The summed E-state index contributed by atoms with van der Waals surface area (Å²) in [7, 11) is 1.70. The van der Waals surface area contributed by atoms with Crippen molar-refractivity contribution in [2.45, 2.75) is 18.8 Å². The topological polar surface area (TPSA) is 102 Å². The molecule has 2 N–H and O–H groups in total. The molecule has 0 aliphatic carbocycles. The molecule has 4 rings (SSSR count). The van der Waals surface area contributed by atoms with E-state index in [-0.39, 0.29) is 23.6 Å². The maximum atomic E-state index is 12.7. The standard InChI is InChI=1S/C22H18F3N5O3/c1-30-28-17-9-8-15(11-18(17)29-30)33-21-16(3-2-10-26-21)20(32)27-12-13-4-6-14(7-5-13)19(31)22(23,24)25/h2-11,19,31H,12H2,1H3,(H,27,32). The van der Waals surface area contributed by atoms with Crippen LogP contribution in [0.2, 0.25) is 0 Å². The van der Waals surface area contributed by atoms with Gasteiger partial charge in [0.2, 0.25) is 5.88 Å². The van der Waals surface area contributed by atoms with Crippen LogP contribution in [0.25, 0.3) is 11.0 Å². The summed E-state index contributed by atoms with van der Waals surface area (Å²) in [6.07, 6.45) is -5.82. The van der Waals surface area contributed by atoms with Gasteiger partial charge < -0.3 is 15.2 Å². The molecular formula is C22H18F3N5O3. The highest BCUT2D eigenvalue weighted by Gasteiger charge is 2.39. The van der Waals surface area contributed by atoms with Gasteiger partial charge >= 0.3 is 6.18 Å². The van der Waals surface area contributed by atoms with Crippen LogP contribution in [0.5, 0.6) is 11.6 Å². The van der Waals surface area contributed by atoms with Crippen LogP contribution in [0.1, 0.15) is 27.6 Å². The number of carbonyl (C=O) groups excluding carboxylic acids is 1. The Kier molecular flexibility index (Phi) is 5.97. The number of nitrogens with zero attached hydrogens (tertiary/aromatic N) is 4. The number of carbonyl (C=O) groups is 1. The fourth-order valence-electron chi connectivity index (χ4n) is 3.11. The number of pyridine rings is 1. The highest BCUT2D eigenvalue weighted by Crippen LogP contribution is 2.32. The molecule has 33 heavy (non-hydrogen) atoms. The molecule has 1 unspecified atom stereocenters. The molecule has 170 valence electrons. The Labute approximate surface area is 185 Å². The Morgan fingerprint density at radius 3 is 2.58 bits per heavy atom. The quantitative estimate of drug-likeness (QED) is 0.458. The third-order valence-corrected chi connectivity index (χ3v) is 4.74. The van der Waals surface area contributed by atoms with Crippen LogP contribution in [0.15, 0.2) is 60.8 Å². The van der Waals surface area contributed by atoms with E-state index in [0.29, 0.717) is 22.3 Å². The Morgan fingerprint density at radius 2 is 1.85 bits per heavy atom. The number of hydrogen-bond acceptors (Lipinski definition) is 6. The van der Waals surface area contributed by atoms with Gasteiger partial charge in [-0.05, 0) is 35.4 Å². The Balaban J connectivity index is 1.44. The van der Waals surface area contributed by atoms with E-state index in [2.05, 4.69) is 20.5 Å². The van der Waals surface area contributed by atoms with Crippen LogP contribution in [-0.2, 0) is 13.6 Å². The minimum Gasteiger partial charge on any atom is -0.438 e. The number of hydrogen-bond donors (Lipinski definition) is 2. The number of benzene rings is 2. The van der Waals surface area contributed by atoms with Gasteiger partial charge in [-0.15, -0.1) is 0 Å². The lowest BCUT2D eigenvalue weighted by Gasteiger charge is -2.15. The molecule has 1 amide bonds. The smallest absolute Gasteiger partial charge is 0.418 e. The summed E-state index contributed by atoms with van der Waals surface area (Å²) >= 11 is 0. The second-order valence-corrected chi connectivity index (χ2v) is 7.17. The minimum absolute atomic E-state index is 0.0567. The Bertz CT molecular complexity index is 1290. The molecule has 0 fully saturated rings. The molecule has 2 aromatic carbocycles. The normalized spacial score (nSPS) is 12.5. The zero-order valence-electron chi connectivity index (χ0n) is 17.2. The van der Waals surface area contributed by atoms with Gasteiger partial charge in [0.05, 0.1) is 0 Å². The number of fused-ring (bicyclic) bond motifs is 1. The molecule has 0 spiro atoms. The van der Waals surface area contributed by atoms with Crippen molar-refractivity contribution < 1.29 is 27.8 Å². The maximum Gasteiger partial charge on any atom is 0.418 e. The zero-order valence-corrected chi connectivity index (χ0v) is 17.2. The Hall–Kier alpha value is -3.99. The highest BCUT2D eigenvalue weighted by molar-refractivity contribution is 5.96. The molecule has 1 atom stereocenters. The number of halogens is 3. The van der Waals surface area contributed by atoms with Gasteiger partial charge in [0.15, 0.2) is 6.10 Å². The number of nitrogens with one attached hydrogen (secondary N) is 1. The second-order valence-electron chi connectivity index (χ2n) is 7.17. The average molecular weight is 457 g/mol. The third-order valence-electron chi connectivity index (χ3n) is 4.74. The molecular weight excluding hydrogens is 439 g/mol. The van der Waals surface area contributed by atoms with Crippen LogP contribution in [0.3, 0.4) is 0 Å². The molecule has 0 bridgehead atoms. The molecule has 0 aliphatic rings. The Morgan fingerprint density at radius 1 is 1.12 bits per heavy atom. The monoisotopic (exact) mass is 457 g/mol. The van der Waals surface area contributed by atoms with Crippen molar-refractivity contribution in [1.29, 1.82) is 0 Å². The predicted molar refractivity (Wildman–Crippen MR) is 111 cm³/mol. The van der Waals surface area contributed by atoms with Gasteiger partial charge in [-0.2, -0.15) is 28.2 Å². The number of ether oxygens (including phenoxy) is 1. The van der Waals surface area contributed by atoms with Crippen LogP contribution in [0, 0.1) is 0 Å². The van der Waals surface area contributed by atoms with Crippen molar-refractivity contribution in [3.8, 4) is 11.6 Å². The van der Waals surface area contributed by atoms with E-state index in [1.165, 1.54) is 35.3 Å². The largest absolute Gasteiger partial charge is 0.438 e. The summed E-state index contributed by atoms with van der Waals surface area (Å²) < 4.78 is 43.6. The summed E-state index contributed by atoms with van der Waals surface area (Å²) in [6, 6.07) is 13.4. The predicted octanol–water partition coefficient (Wildman–Crippen LogP) is 3.68. The average Bonchev–Trinajstić information content (AvgIpc) is 3.16. The number of aromatic nitrogens is 4. The van der Waals surface area contributed by atoms with Crippen molar-refractivity contribution in [2.24, 2.45) is 7.05 Å². The molecule has 0 aliphatic heterocycles. The first-order chi connectivity index (χ1) is 15.7. The van der Waals surface area contributed by atoms with E-state index in [0.717, 1.165) is 0 Å². The minimum atomic E-state index is -4.75. The van der Waals surface area contributed by atoms with E-state index in [1.807, 2.05) is 0 Å². The second kappa shape index (κ2) is 8.87. The van der Waals surface area contributed by atoms with Gasteiger partial charge in [0.25, 0.3) is 5.91 Å². The first-order valence-electron chi connectivity index (χ1n) is 9.76. The van der Waals surface area contributed by atoms with Crippen LogP contribution >= 0.6 is 0 Å². The van der Waals surface area contributed by atoms with Crippen molar-refractivity contribution in [1.82, 2.24) is 25.3 Å². The van der Waals surface area contributed by atoms with Crippen molar-refractivity contribution >= 4 is 16.9 Å². The van der Waals surface area contributed by atoms with E-state index in [1.54, 1.807) is 37.4 Å². The lowest BCUT2D eigenvalue weighted by Crippen LogP contribution is -2.23. The lowest BCUT2D eigenvalue weighted by atomic mass is 10.1. The number of alkyl halides is 3. The van der Waals surface area contributed by atoms with Gasteiger partial charge in [0.1, 0.15) is 22.3 Å². The SMILES string of the molecule is Cn1nc2ccc(Oc3ncccc3C(=O)NCc3ccc(C(O)C(F)(F)F)cc3)cc2n1. The molecule has 4 aromatic rings. The molecule has 2 heterocycles. The maximum absolute atomic E-state index is 12.7. The summed E-state index contributed by atoms with van der Waals surface area (Å²) in [6.45, 7) is 0.0567. The summed E-state index contributed by atoms with van der Waals surface area (Å²) in [5.41, 5.74) is 1.77. The summed E-state index contributed by atoms with van der Waals surface area (Å²) in [4.78, 5) is 18.3. The zero-order chi connectivity index (χ0) is 23.6. The van der Waals surface area contributed by atoms with Crippen molar-refractivity contribution in [3.63, 3.8) is 0 Å². The first kappa shape index (κ1) is 22.2. The van der Waals surface area contributed by atoms with E-state index in [9.17, 15) is 23.1 Å². The van der Waals surface area contributed by atoms with Gasteiger partial charge in [-0.1, -0.05) is 24.3 Å². The molecule has 8 nitrogen and oxygen atoms in total. The van der Waals surface area contributed by atoms with Crippen molar-refractivity contribution in [3.05, 3.63) is 77.5 Å². The molecule has 0 radical (unpaired) electrons. The molecule has 2 aromatic heterocycles. The van der Waals surface area contributed by atoms with Crippen LogP contribution in [0.4, 0.5) is 13.2 Å². The number of amides is 1. The van der Waals surface area contributed by atoms with Crippen LogP contribution < -0.4 is 10.1 Å². The summed E-state index contributed by atoms with van der Waals surface area (Å²) in [5.74, 6) is 0.0366. The van der Waals surface area contributed by atoms with Crippen molar-refractivity contribution in [2.75, 3.05) is 0 Å². The lowest BCUT2D eigenvalue weighted by molar-refractivity contribution is -0.206. The van der Waals surface area contributed by atoms with Gasteiger partial charge in [-0.25, -0.2) is 4.98 Å². The number of aliphatic hydroxyl groups is 1. The van der Waals surface area contributed by atoms with E-state index in [4.69, 9.17) is 4.74 Å². The number of aryl methyl sites for hydroxylation is 1. The summed E-state index contributed by atoms with van der Waals surface area (Å²) in [5, 5.41) is 20.4. The molecule has 11 heteroatoms. The fraction of sp³-hybridized carbons (Fsp3) is 0.182. The highest BCUT2D eigenvalue weighted by atomic mass is 19.4. The number of aliphatic hydroxyl groups excluding tert-OH is 1. The van der Waals surface area contributed by atoms with Crippen LogP contribution in [-0.4, -0.2) is 37.2 Å². The number of rotatable bonds is 6. The first-order valence-corrected chi connectivity index (χ1v) is 9.76. The van der Waals surface area contributed by atoms with Gasteiger partial charge in [-0.3, -0.25) is 4.79 Å². The molecule has 0 saturated heterocycles.